The van der Waals surface area contributed by atoms with Gasteiger partial charge in [0.1, 0.15) is 5.75 Å². The van der Waals surface area contributed by atoms with Crippen LogP contribution < -0.4 is 4.74 Å². The maximum absolute atomic E-state index is 13.2. The fraction of sp³-hybridized carbons (Fsp3) is 0.304. The van der Waals surface area contributed by atoms with E-state index in [0.717, 1.165) is 42.1 Å². The maximum Gasteiger partial charge on any atom is 0.274 e. The summed E-state index contributed by atoms with van der Waals surface area (Å²) >= 11 is 0. The van der Waals surface area contributed by atoms with Gasteiger partial charge in [-0.15, -0.1) is 0 Å². The van der Waals surface area contributed by atoms with Gasteiger partial charge in [-0.2, -0.15) is 5.10 Å². The Bertz CT molecular complexity index is 994. The second-order valence-electron chi connectivity index (χ2n) is 7.59. The largest absolute Gasteiger partial charge is 0.497 e. The van der Waals surface area contributed by atoms with Gasteiger partial charge in [-0.1, -0.05) is 18.2 Å². The summed E-state index contributed by atoms with van der Waals surface area (Å²) in [6, 6.07) is 20.2. The van der Waals surface area contributed by atoms with Crippen LogP contribution in [0.5, 0.6) is 5.75 Å². The third-order valence-electron chi connectivity index (χ3n) is 5.84. The number of fused-ring (bicyclic) bond motifs is 1. The molecule has 1 aliphatic carbocycles. The van der Waals surface area contributed by atoms with E-state index < -0.39 is 0 Å². The number of ether oxygens (including phenoxy) is 1. The average Bonchev–Trinajstić information content (AvgIpc) is 3.43. The van der Waals surface area contributed by atoms with E-state index in [1.807, 2.05) is 70.2 Å². The summed E-state index contributed by atoms with van der Waals surface area (Å²) in [6.45, 7) is 0.843. The SMILES string of the molecule is COc1ccc(-c2cc(C(=O)N3CCCC4CC43)nn2-c2ccccc2)cc1. The molecule has 0 radical (unpaired) electrons. The molecule has 2 aliphatic rings. The average molecular weight is 373 g/mol. The van der Waals surface area contributed by atoms with Crippen molar-refractivity contribution in [2.24, 2.45) is 5.92 Å². The van der Waals surface area contributed by atoms with Crippen LogP contribution in [0.15, 0.2) is 60.7 Å². The van der Waals surface area contributed by atoms with E-state index in [0.29, 0.717) is 17.7 Å². The number of hydrogen-bond acceptors (Lipinski definition) is 3. The van der Waals surface area contributed by atoms with Crippen LogP contribution in [-0.4, -0.2) is 40.3 Å². The summed E-state index contributed by atoms with van der Waals surface area (Å²) in [7, 11) is 1.66. The fourth-order valence-corrected chi connectivity index (χ4v) is 4.23. The number of carbonyl (C=O) groups is 1. The summed E-state index contributed by atoms with van der Waals surface area (Å²) in [5.41, 5.74) is 3.36. The first-order chi connectivity index (χ1) is 13.7. The van der Waals surface area contributed by atoms with Crippen LogP contribution in [0.25, 0.3) is 16.9 Å². The maximum atomic E-state index is 13.2. The van der Waals surface area contributed by atoms with Crippen molar-refractivity contribution in [3.63, 3.8) is 0 Å². The molecule has 0 N–H and O–H groups in total. The number of carbonyl (C=O) groups excluding carboxylic acids is 1. The summed E-state index contributed by atoms with van der Waals surface area (Å²) < 4.78 is 7.14. The Kier molecular flexibility index (Phi) is 4.15. The minimum atomic E-state index is 0.0524. The molecule has 28 heavy (non-hydrogen) atoms. The number of aromatic nitrogens is 2. The van der Waals surface area contributed by atoms with Crippen molar-refractivity contribution in [2.75, 3.05) is 13.7 Å². The lowest BCUT2D eigenvalue weighted by atomic mass is 10.1. The van der Waals surface area contributed by atoms with Crippen LogP contribution in [0, 0.1) is 5.92 Å². The fourth-order valence-electron chi connectivity index (χ4n) is 4.23. The summed E-state index contributed by atoms with van der Waals surface area (Å²) in [5, 5.41) is 4.72. The molecule has 2 aromatic carbocycles. The lowest BCUT2D eigenvalue weighted by Crippen LogP contribution is -2.37. The van der Waals surface area contributed by atoms with E-state index in [-0.39, 0.29) is 5.91 Å². The van der Waals surface area contributed by atoms with Crippen LogP contribution in [0.2, 0.25) is 0 Å². The van der Waals surface area contributed by atoms with Gasteiger partial charge in [0.25, 0.3) is 5.91 Å². The Morgan fingerprint density at radius 1 is 1.11 bits per heavy atom. The molecule has 142 valence electrons. The Morgan fingerprint density at radius 2 is 1.89 bits per heavy atom. The van der Waals surface area contributed by atoms with Gasteiger partial charge >= 0.3 is 0 Å². The summed E-state index contributed by atoms with van der Waals surface area (Å²) in [6.07, 6.45) is 3.50. The second kappa shape index (κ2) is 6.82. The molecule has 2 heterocycles. The minimum Gasteiger partial charge on any atom is -0.497 e. The van der Waals surface area contributed by atoms with Gasteiger partial charge < -0.3 is 9.64 Å². The standard InChI is InChI=1S/C23H23N3O2/c1-28-19-11-9-16(10-12-19)22-15-20(24-26(22)18-7-3-2-4-8-18)23(27)25-13-5-6-17-14-21(17)25/h2-4,7-12,15,17,21H,5-6,13-14H2,1H3. The van der Waals surface area contributed by atoms with Gasteiger partial charge in [0.2, 0.25) is 0 Å². The van der Waals surface area contributed by atoms with Crippen LogP contribution >= 0.6 is 0 Å². The van der Waals surface area contributed by atoms with E-state index in [1.165, 1.54) is 6.42 Å². The Hall–Kier alpha value is -3.08. The molecule has 0 bridgehead atoms. The van der Waals surface area contributed by atoms with Crippen molar-refractivity contribution in [1.82, 2.24) is 14.7 Å². The topological polar surface area (TPSA) is 47.4 Å². The molecule has 1 aliphatic heterocycles. The van der Waals surface area contributed by atoms with Gasteiger partial charge in [0.15, 0.2) is 5.69 Å². The van der Waals surface area contributed by atoms with Crippen molar-refractivity contribution in [3.05, 3.63) is 66.4 Å². The highest BCUT2D eigenvalue weighted by molar-refractivity contribution is 5.94. The predicted octanol–water partition coefficient (Wildman–Crippen LogP) is 4.17. The second-order valence-corrected chi connectivity index (χ2v) is 7.59. The van der Waals surface area contributed by atoms with Crippen LogP contribution in [-0.2, 0) is 0 Å². The van der Waals surface area contributed by atoms with Crippen LogP contribution in [0.1, 0.15) is 29.8 Å². The lowest BCUT2D eigenvalue weighted by Gasteiger charge is -2.25. The first-order valence-corrected chi connectivity index (χ1v) is 9.85. The Labute approximate surface area is 164 Å². The molecular weight excluding hydrogens is 350 g/mol. The molecule has 2 fully saturated rings. The zero-order valence-electron chi connectivity index (χ0n) is 15.9. The number of rotatable bonds is 4. The highest BCUT2D eigenvalue weighted by atomic mass is 16.5. The molecule has 0 spiro atoms. The minimum absolute atomic E-state index is 0.0524. The van der Waals surface area contributed by atoms with E-state index in [1.54, 1.807) is 7.11 Å². The third-order valence-corrected chi connectivity index (χ3v) is 5.84. The number of nitrogens with zero attached hydrogens (tertiary/aromatic N) is 3. The van der Waals surface area contributed by atoms with Crippen molar-refractivity contribution < 1.29 is 9.53 Å². The number of para-hydroxylation sites is 1. The van der Waals surface area contributed by atoms with Crippen molar-refractivity contribution in [1.29, 1.82) is 0 Å². The Morgan fingerprint density at radius 3 is 2.64 bits per heavy atom. The molecular formula is C23H23N3O2. The zero-order chi connectivity index (χ0) is 19.1. The molecule has 1 aromatic heterocycles. The zero-order valence-corrected chi connectivity index (χ0v) is 15.9. The first kappa shape index (κ1) is 17.0. The third kappa shape index (κ3) is 2.97. The molecule has 5 heteroatoms. The van der Waals surface area contributed by atoms with E-state index in [4.69, 9.17) is 9.84 Å². The van der Waals surface area contributed by atoms with Gasteiger partial charge in [-0.05, 0) is 67.6 Å². The highest BCUT2D eigenvalue weighted by Gasteiger charge is 2.46. The summed E-state index contributed by atoms with van der Waals surface area (Å²) in [5.74, 6) is 1.56. The van der Waals surface area contributed by atoms with Crippen molar-refractivity contribution in [3.8, 4) is 22.7 Å². The molecule has 3 aromatic rings. The Balaban J connectivity index is 1.55. The number of likely N-dealkylation sites (tertiary alicyclic amines) is 1. The lowest BCUT2D eigenvalue weighted by molar-refractivity contribution is 0.0699. The monoisotopic (exact) mass is 373 g/mol. The van der Waals surface area contributed by atoms with E-state index in [9.17, 15) is 4.79 Å². The molecule has 2 atom stereocenters. The molecule has 1 saturated carbocycles. The van der Waals surface area contributed by atoms with Crippen LogP contribution in [0.3, 0.4) is 0 Å². The highest BCUT2D eigenvalue weighted by Crippen LogP contribution is 2.43. The smallest absolute Gasteiger partial charge is 0.274 e. The van der Waals surface area contributed by atoms with Crippen molar-refractivity contribution in [2.45, 2.75) is 25.3 Å². The normalized spacial score (nSPS) is 20.5. The van der Waals surface area contributed by atoms with E-state index >= 15 is 0 Å². The van der Waals surface area contributed by atoms with Crippen LogP contribution in [0.4, 0.5) is 0 Å². The van der Waals surface area contributed by atoms with E-state index in [2.05, 4.69) is 0 Å². The molecule has 5 rings (SSSR count). The molecule has 5 nitrogen and oxygen atoms in total. The van der Waals surface area contributed by atoms with Gasteiger partial charge in [-0.3, -0.25) is 4.79 Å². The molecule has 2 unspecified atom stereocenters. The number of piperidine rings is 1. The van der Waals surface area contributed by atoms with Gasteiger partial charge in [0, 0.05) is 18.2 Å². The van der Waals surface area contributed by atoms with Crippen molar-refractivity contribution >= 4 is 5.91 Å². The van der Waals surface area contributed by atoms with Gasteiger partial charge in [-0.25, -0.2) is 4.68 Å². The number of methoxy groups -OCH3 is 1. The summed E-state index contributed by atoms with van der Waals surface area (Å²) in [4.78, 5) is 15.2. The quantitative estimate of drug-likeness (QED) is 0.689. The van der Waals surface area contributed by atoms with Gasteiger partial charge in [0.05, 0.1) is 18.5 Å². The number of amides is 1. The molecule has 1 amide bonds. The number of hydrogen-bond donors (Lipinski definition) is 0. The predicted molar refractivity (Wildman–Crippen MR) is 108 cm³/mol. The first-order valence-electron chi connectivity index (χ1n) is 9.85. The molecule has 1 saturated heterocycles. The number of benzene rings is 2.